The molecule has 1 N–H and O–H groups in total. The Labute approximate surface area is 112 Å². The third-order valence-corrected chi connectivity index (χ3v) is 3.56. The molecule has 1 aliphatic rings. The lowest BCUT2D eigenvalue weighted by Crippen LogP contribution is -2.41. The molecule has 19 heavy (non-hydrogen) atoms. The SMILES string of the molecule is CO[C@@]1(COc2ccc(F)cc2)CCN(CCO)C1. The average molecular weight is 269 g/mol. The fraction of sp³-hybridized carbons (Fsp3) is 0.571. The highest BCUT2D eigenvalue weighted by Gasteiger charge is 2.38. The Hall–Kier alpha value is -1.17. The van der Waals surface area contributed by atoms with Gasteiger partial charge in [-0.2, -0.15) is 0 Å². The molecule has 0 radical (unpaired) electrons. The number of rotatable bonds is 6. The minimum atomic E-state index is -0.344. The molecule has 1 aliphatic heterocycles. The Kier molecular flexibility index (Phi) is 4.74. The molecule has 0 saturated carbocycles. The second kappa shape index (κ2) is 6.32. The molecule has 0 aliphatic carbocycles. The Morgan fingerprint density at radius 3 is 2.74 bits per heavy atom. The van der Waals surface area contributed by atoms with Crippen LogP contribution in [0.4, 0.5) is 4.39 Å². The lowest BCUT2D eigenvalue weighted by Gasteiger charge is -2.28. The molecule has 1 heterocycles. The van der Waals surface area contributed by atoms with E-state index in [1.54, 1.807) is 19.2 Å². The summed E-state index contributed by atoms with van der Waals surface area (Å²) in [7, 11) is 1.68. The van der Waals surface area contributed by atoms with Gasteiger partial charge in [-0.25, -0.2) is 4.39 Å². The van der Waals surface area contributed by atoms with E-state index in [-0.39, 0.29) is 18.0 Å². The summed E-state index contributed by atoms with van der Waals surface area (Å²) in [6, 6.07) is 5.97. The van der Waals surface area contributed by atoms with E-state index in [4.69, 9.17) is 14.6 Å². The fourth-order valence-corrected chi connectivity index (χ4v) is 2.35. The van der Waals surface area contributed by atoms with Gasteiger partial charge in [-0.15, -0.1) is 0 Å². The van der Waals surface area contributed by atoms with Crippen LogP contribution in [0.15, 0.2) is 24.3 Å². The van der Waals surface area contributed by atoms with Gasteiger partial charge in [-0.1, -0.05) is 0 Å². The number of methoxy groups -OCH3 is 1. The summed E-state index contributed by atoms with van der Waals surface area (Å²) >= 11 is 0. The summed E-state index contributed by atoms with van der Waals surface area (Å²) in [4.78, 5) is 2.15. The highest BCUT2D eigenvalue weighted by molar-refractivity contribution is 5.22. The number of halogens is 1. The molecule has 1 aromatic rings. The third-order valence-electron chi connectivity index (χ3n) is 3.56. The number of benzene rings is 1. The number of hydrogen-bond acceptors (Lipinski definition) is 4. The molecule has 1 saturated heterocycles. The molecule has 0 amide bonds. The number of ether oxygens (including phenoxy) is 2. The van der Waals surface area contributed by atoms with Crippen LogP contribution in [0, 0.1) is 5.82 Å². The van der Waals surface area contributed by atoms with E-state index in [0.717, 1.165) is 19.5 Å². The van der Waals surface area contributed by atoms with Gasteiger partial charge in [0, 0.05) is 26.7 Å². The fourth-order valence-electron chi connectivity index (χ4n) is 2.35. The van der Waals surface area contributed by atoms with Crippen molar-refractivity contribution in [3.63, 3.8) is 0 Å². The van der Waals surface area contributed by atoms with Crippen LogP contribution in [0.5, 0.6) is 5.75 Å². The van der Waals surface area contributed by atoms with E-state index in [1.165, 1.54) is 12.1 Å². The molecule has 0 bridgehead atoms. The highest BCUT2D eigenvalue weighted by Crippen LogP contribution is 2.26. The number of hydrogen-bond donors (Lipinski definition) is 1. The van der Waals surface area contributed by atoms with Crippen molar-refractivity contribution < 1.29 is 19.0 Å². The first-order valence-corrected chi connectivity index (χ1v) is 6.44. The lowest BCUT2D eigenvalue weighted by molar-refractivity contribution is -0.0360. The molecule has 1 atom stereocenters. The van der Waals surface area contributed by atoms with E-state index >= 15 is 0 Å². The third kappa shape index (κ3) is 3.65. The molecule has 1 fully saturated rings. The van der Waals surface area contributed by atoms with Crippen molar-refractivity contribution in [2.24, 2.45) is 0 Å². The van der Waals surface area contributed by atoms with Gasteiger partial charge < -0.3 is 14.6 Å². The second-order valence-electron chi connectivity index (χ2n) is 4.88. The maximum absolute atomic E-state index is 12.8. The van der Waals surface area contributed by atoms with Crippen molar-refractivity contribution in [1.29, 1.82) is 0 Å². The predicted octanol–water partition coefficient (Wildman–Crippen LogP) is 1.29. The van der Waals surface area contributed by atoms with Gasteiger partial charge >= 0.3 is 0 Å². The number of aliphatic hydroxyl groups is 1. The zero-order valence-electron chi connectivity index (χ0n) is 11.1. The van der Waals surface area contributed by atoms with Crippen LogP contribution in [0.3, 0.4) is 0 Å². The van der Waals surface area contributed by atoms with Gasteiger partial charge in [-0.3, -0.25) is 4.90 Å². The van der Waals surface area contributed by atoms with Crippen molar-refractivity contribution in [3.05, 3.63) is 30.1 Å². The normalized spacial score (nSPS) is 23.7. The molecule has 106 valence electrons. The zero-order valence-corrected chi connectivity index (χ0v) is 11.1. The first-order valence-electron chi connectivity index (χ1n) is 6.44. The van der Waals surface area contributed by atoms with Gasteiger partial charge in [0.15, 0.2) is 0 Å². The van der Waals surface area contributed by atoms with Gasteiger partial charge in [0.05, 0.1) is 6.61 Å². The zero-order chi connectivity index (χ0) is 13.7. The minimum absolute atomic E-state index is 0.151. The van der Waals surface area contributed by atoms with Crippen LogP contribution in [0.25, 0.3) is 0 Å². The predicted molar refractivity (Wildman–Crippen MR) is 69.8 cm³/mol. The number of β-amino-alcohol motifs (C(OH)–C–C–N with tert-alkyl or cyclic N) is 1. The smallest absolute Gasteiger partial charge is 0.123 e. The van der Waals surface area contributed by atoms with E-state index in [1.807, 2.05) is 0 Å². The van der Waals surface area contributed by atoms with E-state index in [2.05, 4.69) is 4.90 Å². The van der Waals surface area contributed by atoms with Crippen molar-refractivity contribution in [2.75, 3.05) is 40.0 Å². The van der Waals surface area contributed by atoms with Crippen molar-refractivity contribution >= 4 is 0 Å². The van der Waals surface area contributed by atoms with Crippen LogP contribution < -0.4 is 4.74 Å². The Morgan fingerprint density at radius 2 is 2.11 bits per heavy atom. The summed E-state index contributed by atoms with van der Waals surface area (Å²) in [6.45, 7) is 2.86. The number of likely N-dealkylation sites (tertiary alicyclic amines) is 1. The van der Waals surface area contributed by atoms with Crippen LogP contribution in [-0.4, -0.2) is 55.6 Å². The van der Waals surface area contributed by atoms with Gasteiger partial charge in [0.25, 0.3) is 0 Å². The Balaban J connectivity index is 1.91. The molecule has 2 rings (SSSR count). The van der Waals surface area contributed by atoms with Gasteiger partial charge in [0.2, 0.25) is 0 Å². The Bertz CT molecular complexity index is 398. The standard InChI is InChI=1S/C14H20FNO3/c1-18-14(6-7-16(10-14)8-9-17)11-19-13-4-2-12(15)3-5-13/h2-5,17H,6-11H2,1H3/t14-/m0/s1. The molecular weight excluding hydrogens is 249 g/mol. The first kappa shape index (κ1) is 14.2. The Morgan fingerprint density at radius 1 is 1.37 bits per heavy atom. The molecule has 0 unspecified atom stereocenters. The summed E-state index contributed by atoms with van der Waals surface area (Å²) in [5.74, 6) is 0.363. The van der Waals surface area contributed by atoms with Crippen LogP contribution in [-0.2, 0) is 4.74 Å². The number of aliphatic hydroxyl groups excluding tert-OH is 1. The van der Waals surface area contributed by atoms with E-state index in [9.17, 15) is 4.39 Å². The maximum atomic E-state index is 12.8. The maximum Gasteiger partial charge on any atom is 0.123 e. The molecule has 5 heteroatoms. The van der Waals surface area contributed by atoms with E-state index in [0.29, 0.717) is 18.9 Å². The van der Waals surface area contributed by atoms with Gasteiger partial charge in [-0.05, 0) is 30.7 Å². The summed E-state index contributed by atoms with van der Waals surface area (Å²) in [5.41, 5.74) is -0.344. The van der Waals surface area contributed by atoms with Crippen LogP contribution in [0.1, 0.15) is 6.42 Å². The van der Waals surface area contributed by atoms with Crippen LogP contribution in [0.2, 0.25) is 0 Å². The molecule has 1 aromatic carbocycles. The highest BCUT2D eigenvalue weighted by atomic mass is 19.1. The second-order valence-corrected chi connectivity index (χ2v) is 4.88. The van der Waals surface area contributed by atoms with Crippen LogP contribution >= 0.6 is 0 Å². The largest absolute Gasteiger partial charge is 0.491 e. The van der Waals surface area contributed by atoms with Gasteiger partial charge in [0.1, 0.15) is 23.8 Å². The molecular formula is C14H20FNO3. The molecule has 4 nitrogen and oxygen atoms in total. The summed E-state index contributed by atoms with van der Waals surface area (Å²) in [6.07, 6.45) is 0.866. The molecule has 0 aromatic heterocycles. The van der Waals surface area contributed by atoms with Crippen molar-refractivity contribution in [2.45, 2.75) is 12.0 Å². The number of nitrogens with zero attached hydrogens (tertiary/aromatic N) is 1. The quantitative estimate of drug-likeness (QED) is 0.845. The summed E-state index contributed by atoms with van der Waals surface area (Å²) in [5, 5.41) is 8.95. The van der Waals surface area contributed by atoms with Crippen molar-refractivity contribution in [3.8, 4) is 5.75 Å². The monoisotopic (exact) mass is 269 g/mol. The van der Waals surface area contributed by atoms with E-state index < -0.39 is 0 Å². The lowest BCUT2D eigenvalue weighted by atomic mass is 10.1. The molecule has 0 spiro atoms. The topological polar surface area (TPSA) is 41.9 Å². The van der Waals surface area contributed by atoms with Crippen molar-refractivity contribution in [1.82, 2.24) is 4.90 Å². The average Bonchev–Trinajstić information content (AvgIpc) is 2.83. The summed E-state index contributed by atoms with van der Waals surface area (Å²) < 4.78 is 24.1. The minimum Gasteiger partial charge on any atom is -0.491 e. The first-order chi connectivity index (χ1) is 9.17.